The van der Waals surface area contributed by atoms with Crippen molar-refractivity contribution < 1.29 is 13.0 Å². The van der Waals surface area contributed by atoms with Crippen LogP contribution >= 0.6 is 0 Å². The van der Waals surface area contributed by atoms with Gasteiger partial charge in [-0.05, 0) is 72.4 Å². The molecule has 0 aromatic carbocycles. The second-order valence-electron chi connectivity index (χ2n) is 12.0. The lowest BCUT2D eigenvalue weighted by molar-refractivity contribution is 0.00363. The van der Waals surface area contributed by atoms with Gasteiger partial charge in [0.05, 0.1) is 5.60 Å². The highest BCUT2D eigenvalue weighted by molar-refractivity contribution is 6.87. The second kappa shape index (κ2) is 10.9. The van der Waals surface area contributed by atoms with Crippen LogP contribution in [0.25, 0.3) is 0 Å². The summed E-state index contributed by atoms with van der Waals surface area (Å²) in [6.07, 6.45) is 4.11. The van der Waals surface area contributed by atoms with E-state index in [-0.39, 0.29) is 15.9 Å². The van der Waals surface area contributed by atoms with Crippen LogP contribution in [0.3, 0.4) is 0 Å². The van der Waals surface area contributed by atoms with Gasteiger partial charge in [0.25, 0.3) is 0 Å². The third-order valence-electron chi connectivity index (χ3n) is 8.29. The first-order valence-electron chi connectivity index (χ1n) is 12.6. The van der Waals surface area contributed by atoms with Gasteiger partial charge in [-0.15, -0.1) is 13.2 Å². The molecule has 0 N–H and O–H groups in total. The van der Waals surface area contributed by atoms with Crippen molar-refractivity contribution in [1.82, 2.24) is 0 Å². The average Bonchev–Trinajstić information content (AvgIpc) is 2.64. The molecule has 1 atom stereocenters. The molecule has 0 aliphatic heterocycles. The van der Waals surface area contributed by atoms with Crippen molar-refractivity contribution in [1.29, 1.82) is 0 Å². The number of hydrogen-bond acceptors (Lipinski definition) is 3. The Bertz CT molecular complexity index is 637. The molecule has 8 heteroatoms. The van der Waals surface area contributed by atoms with E-state index in [4.69, 9.17) is 13.0 Å². The van der Waals surface area contributed by atoms with Crippen molar-refractivity contribution in [2.24, 2.45) is 0 Å². The zero-order valence-corrected chi connectivity index (χ0v) is 28.1. The van der Waals surface area contributed by atoms with Gasteiger partial charge in [-0.25, -0.2) is 0 Å². The van der Waals surface area contributed by atoms with Crippen LogP contribution in [0.4, 0.5) is 0 Å². The summed E-state index contributed by atoms with van der Waals surface area (Å²) in [5.41, 5.74) is 3.86. The van der Waals surface area contributed by atoms with E-state index < -0.39 is 33.3 Å². The molecule has 0 aliphatic rings. The smallest absolute Gasteiger partial charge is 0.322 e. The van der Waals surface area contributed by atoms with Gasteiger partial charge in [0.2, 0.25) is 0 Å². The average molecular weight is 515 g/mol. The Hall–Kier alpha value is 0.292. The summed E-state index contributed by atoms with van der Waals surface area (Å²) in [4.78, 5) is 0. The van der Waals surface area contributed by atoms with Gasteiger partial charge in [0.15, 0.2) is 16.6 Å². The molecule has 0 aliphatic carbocycles. The lowest BCUT2D eigenvalue weighted by Gasteiger charge is -2.59. The quantitative estimate of drug-likeness (QED) is 0.213. The summed E-state index contributed by atoms with van der Waals surface area (Å²) in [6.45, 7) is 38.2. The topological polar surface area (TPSA) is 27.7 Å². The minimum absolute atomic E-state index is 0.0469. The molecule has 32 heavy (non-hydrogen) atoms. The Kier molecular flexibility index (Phi) is 11.0. The largest absolute Gasteiger partial charge is 0.433 e. The molecule has 0 heterocycles. The normalized spacial score (nSPS) is 16.5. The predicted molar refractivity (Wildman–Crippen MR) is 157 cm³/mol. The molecule has 0 fully saturated rings. The molecule has 0 saturated carbocycles. The molecular formula is C24H55BO3Si4. The summed E-state index contributed by atoms with van der Waals surface area (Å²) in [5, 5.41) is -0.147. The molecule has 0 aromatic heterocycles. The zero-order valence-electron chi connectivity index (χ0n) is 24.1. The molecule has 0 aromatic rings. The summed E-state index contributed by atoms with van der Waals surface area (Å²) < 4.78 is 21.1. The van der Waals surface area contributed by atoms with E-state index in [9.17, 15) is 0 Å². The van der Waals surface area contributed by atoms with Crippen LogP contribution in [-0.4, -0.2) is 51.9 Å². The van der Waals surface area contributed by atoms with Gasteiger partial charge in [-0.1, -0.05) is 51.6 Å². The summed E-state index contributed by atoms with van der Waals surface area (Å²) in [7, 11) is -6.11. The molecule has 0 saturated heterocycles. The maximum Gasteiger partial charge on any atom is 0.322 e. The van der Waals surface area contributed by atoms with Crippen LogP contribution in [0.2, 0.25) is 63.7 Å². The number of hydrogen-bond donors (Lipinski definition) is 0. The van der Waals surface area contributed by atoms with Crippen LogP contribution in [0.15, 0.2) is 24.6 Å². The third kappa shape index (κ3) is 6.49. The Morgan fingerprint density at radius 2 is 1.25 bits per heavy atom. The zero-order chi connectivity index (χ0) is 25.9. The fraction of sp³-hybridized carbons (Fsp3) is 0.833. The van der Waals surface area contributed by atoms with Crippen molar-refractivity contribution in [2.75, 3.05) is 0 Å². The first kappa shape index (κ1) is 32.3. The Labute approximate surface area is 206 Å². The van der Waals surface area contributed by atoms with Crippen LogP contribution in [0, 0.1) is 0 Å². The molecule has 3 nitrogen and oxygen atoms in total. The summed E-state index contributed by atoms with van der Waals surface area (Å²) in [6, 6.07) is 0. The Morgan fingerprint density at radius 1 is 0.781 bits per heavy atom. The monoisotopic (exact) mass is 514 g/mol. The van der Waals surface area contributed by atoms with E-state index in [1.165, 1.54) is 0 Å². The standard InChI is InChI=1S/C24H55BO3Si4/c1-16-23(17-2,22(6,7)26-32(14,15)28-30(10,11)20-5)31(12,13)27-24(18-3,21-25)29(8,9)19-4/h19-20H,4-5,16-18,21,25H2,1-3,6-15H3. The fourth-order valence-electron chi connectivity index (χ4n) is 6.30. The highest BCUT2D eigenvalue weighted by Gasteiger charge is 2.60. The Morgan fingerprint density at radius 3 is 1.56 bits per heavy atom. The van der Waals surface area contributed by atoms with Crippen molar-refractivity contribution in [3.63, 3.8) is 0 Å². The molecule has 0 amide bonds. The molecule has 0 radical (unpaired) electrons. The van der Waals surface area contributed by atoms with Gasteiger partial charge in [0.1, 0.15) is 15.9 Å². The molecule has 0 rings (SSSR count). The van der Waals surface area contributed by atoms with Gasteiger partial charge in [-0.2, -0.15) is 0 Å². The lowest BCUT2D eigenvalue weighted by Crippen LogP contribution is -2.66. The van der Waals surface area contributed by atoms with Crippen molar-refractivity contribution in [3.05, 3.63) is 24.6 Å². The van der Waals surface area contributed by atoms with E-state index in [0.717, 1.165) is 25.6 Å². The predicted octanol–water partition coefficient (Wildman–Crippen LogP) is 7.39. The minimum atomic E-state index is -2.39. The van der Waals surface area contributed by atoms with Crippen molar-refractivity contribution in [2.45, 2.75) is 128 Å². The van der Waals surface area contributed by atoms with Crippen molar-refractivity contribution in [3.8, 4) is 0 Å². The minimum Gasteiger partial charge on any atom is -0.433 e. The van der Waals surface area contributed by atoms with Crippen LogP contribution in [0.1, 0.15) is 53.9 Å². The summed E-state index contributed by atoms with van der Waals surface area (Å²) in [5.74, 6) is 0. The number of rotatable bonds is 15. The maximum atomic E-state index is 7.47. The highest BCUT2D eigenvalue weighted by Crippen LogP contribution is 2.58. The molecule has 188 valence electrons. The summed E-state index contributed by atoms with van der Waals surface area (Å²) >= 11 is 0. The van der Waals surface area contributed by atoms with Gasteiger partial charge < -0.3 is 13.0 Å². The van der Waals surface area contributed by atoms with Gasteiger partial charge in [0, 0.05) is 10.3 Å². The molecule has 0 spiro atoms. The van der Waals surface area contributed by atoms with E-state index in [1.54, 1.807) is 0 Å². The lowest BCUT2D eigenvalue weighted by atomic mass is 9.85. The highest BCUT2D eigenvalue weighted by atomic mass is 28.4. The SMILES string of the molecule is BCC(CC)(O[Si](C)(C)C(CC)(CC)C(C)(C)O[Si](C)(C)O[Si](C)(C)C=C)[Si](C)(C)C=C. The van der Waals surface area contributed by atoms with Gasteiger partial charge >= 0.3 is 8.56 Å². The van der Waals surface area contributed by atoms with Crippen molar-refractivity contribution >= 4 is 41.1 Å². The maximum absolute atomic E-state index is 7.47. The first-order chi connectivity index (χ1) is 14.2. The van der Waals surface area contributed by atoms with E-state index in [2.05, 4.69) is 114 Å². The van der Waals surface area contributed by atoms with Gasteiger partial charge in [-0.3, -0.25) is 0 Å². The third-order valence-corrected chi connectivity index (χ3v) is 23.2. The van der Waals surface area contributed by atoms with Crippen LogP contribution in [-0.2, 0) is 13.0 Å². The van der Waals surface area contributed by atoms with Crippen LogP contribution < -0.4 is 0 Å². The van der Waals surface area contributed by atoms with E-state index >= 15 is 0 Å². The Balaban J connectivity index is 6.47. The van der Waals surface area contributed by atoms with E-state index in [1.807, 2.05) is 5.70 Å². The molecular weight excluding hydrogens is 459 g/mol. The molecule has 1 unspecified atom stereocenters. The van der Waals surface area contributed by atoms with Crippen LogP contribution in [0.5, 0.6) is 0 Å². The molecule has 0 bridgehead atoms. The second-order valence-corrected chi connectivity index (χ2v) is 28.3. The van der Waals surface area contributed by atoms with E-state index in [0.29, 0.717) is 0 Å². The fourth-order valence-corrected chi connectivity index (χ4v) is 22.1. The first-order valence-corrected chi connectivity index (χ1v) is 24.4.